The number of anilines is 2. The summed E-state index contributed by atoms with van der Waals surface area (Å²) in [6.07, 6.45) is 2.13. The molecular weight excluding hydrogens is 714 g/mol. The number of fused-ring (bicyclic) bond motifs is 5. The Labute approximate surface area is 322 Å². The predicted molar refractivity (Wildman–Crippen MR) is 205 cm³/mol. The number of rotatable bonds is 5. The number of hydrogen-bond donors (Lipinski definition) is 2. The maximum Gasteiger partial charge on any atom is 0.328 e. The molecule has 0 unspecified atom stereocenters. The number of esters is 2. The molecule has 3 aliphatic heterocycles. The fraction of sp³-hybridized carbons (Fsp3) is 0.512. The maximum atomic E-state index is 14.2. The molecule has 2 saturated heterocycles. The molecule has 4 bridgehead atoms. The Hall–Kier alpha value is -4.23. The summed E-state index contributed by atoms with van der Waals surface area (Å²) in [4.78, 5) is 57.3. The molecule has 2 aromatic rings. The summed E-state index contributed by atoms with van der Waals surface area (Å²) in [7, 11) is 4.60. The lowest BCUT2D eigenvalue weighted by Gasteiger charge is -2.41. The Kier molecular flexibility index (Phi) is 12.0. The number of epoxide rings is 1. The topological polar surface area (TPSA) is 161 Å². The second-order valence-corrected chi connectivity index (χ2v) is 15.7. The predicted octanol–water partition coefficient (Wildman–Crippen LogP) is 5.27. The molecule has 8 atom stereocenters. The summed E-state index contributed by atoms with van der Waals surface area (Å²) in [6, 6.07) is 7.68. The van der Waals surface area contributed by atoms with E-state index in [0.29, 0.717) is 33.9 Å². The van der Waals surface area contributed by atoms with Gasteiger partial charge in [0.1, 0.15) is 35.6 Å². The van der Waals surface area contributed by atoms with E-state index < -0.39 is 71.3 Å². The van der Waals surface area contributed by atoms with E-state index in [0.717, 1.165) is 16.7 Å². The molecule has 54 heavy (non-hydrogen) atoms. The van der Waals surface area contributed by atoms with Crippen LogP contribution in [0.3, 0.4) is 0 Å². The minimum Gasteiger partial charge on any atom is -0.462 e. The van der Waals surface area contributed by atoms with Gasteiger partial charge in [0.2, 0.25) is 5.91 Å². The van der Waals surface area contributed by atoms with Crippen LogP contribution in [-0.2, 0) is 39.8 Å². The number of likely N-dealkylation sites (N-methyl/N-ethyl adjacent to an activating group) is 1. The molecule has 0 aromatic heterocycles. The Bertz CT molecular complexity index is 1880. The number of amides is 2. The molecule has 2 fully saturated rings. The SMILES string of the molecule is CO[C@@H]1/C=C/C=C(\C)Cc2cc(C)c(Cl)c(c2)N(C)C(=O)C[C@H](OC(=O)[C@H](C)N(C)C(=O)c2ccc(N)cc2C)[C@]2(C)O[C@H]2[C@H](C)[C@@H]2C[C@@]1(O)CC(=O)O2. The van der Waals surface area contributed by atoms with Crippen molar-refractivity contribution < 1.29 is 43.2 Å². The molecule has 2 aromatic carbocycles. The van der Waals surface area contributed by atoms with E-state index >= 15 is 0 Å². The number of aliphatic hydroxyl groups is 1. The summed E-state index contributed by atoms with van der Waals surface area (Å²) in [5.41, 5.74) is 7.84. The van der Waals surface area contributed by atoms with Crippen LogP contribution in [0.2, 0.25) is 5.02 Å². The zero-order chi connectivity index (χ0) is 39.9. The number of nitrogens with two attached hydrogens (primary N) is 1. The first-order chi connectivity index (χ1) is 25.3. The molecule has 0 saturated carbocycles. The molecule has 2 amide bonds. The van der Waals surface area contributed by atoms with Crippen molar-refractivity contribution in [1.82, 2.24) is 4.90 Å². The van der Waals surface area contributed by atoms with Crippen molar-refractivity contribution in [3.63, 3.8) is 0 Å². The fourth-order valence-corrected chi connectivity index (χ4v) is 7.82. The summed E-state index contributed by atoms with van der Waals surface area (Å²) in [5, 5.41) is 12.3. The van der Waals surface area contributed by atoms with E-state index in [1.54, 1.807) is 58.2 Å². The zero-order valence-corrected chi connectivity index (χ0v) is 33.2. The maximum absolute atomic E-state index is 14.2. The molecule has 3 heterocycles. The number of aryl methyl sites for hydroxylation is 2. The first-order valence-corrected chi connectivity index (χ1v) is 18.5. The molecule has 3 N–H and O–H groups in total. The number of carbonyl (C=O) groups excluding carboxylic acids is 4. The van der Waals surface area contributed by atoms with Crippen LogP contribution in [0, 0.1) is 19.8 Å². The van der Waals surface area contributed by atoms with Crippen LogP contribution in [-0.4, -0.2) is 96.6 Å². The van der Waals surface area contributed by atoms with Gasteiger partial charge in [0.15, 0.2) is 0 Å². The average molecular weight is 766 g/mol. The highest BCUT2D eigenvalue weighted by Crippen LogP contribution is 2.49. The van der Waals surface area contributed by atoms with Crippen molar-refractivity contribution in [3.8, 4) is 0 Å². The second kappa shape index (κ2) is 15.9. The Morgan fingerprint density at radius 2 is 1.85 bits per heavy atom. The van der Waals surface area contributed by atoms with E-state index in [1.807, 2.05) is 39.0 Å². The molecule has 0 aliphatic carbocycles. The Balaban J connectivity index is 1.51. The van der Waals surface area contributed by atoms with Gasteiger partial charge in [0.25, 0.3) is 5.91 Å². The van der Waals surface area contributed by atoms with Crippen molar-refractivity contribution in [2.45, 2.75) is 109 Å². The third-order valence-corrected chi connectivity index (χ3v) is 11.7. The minimum absolute atomic E-state index is 0.0611. The summed E-state index contributed by atoms with van der Waals surface area (Å²) < 4.78 is 23.9. The first-order valence-electron chi connectivity index (χ1n) is 18.1. The van der Waals surface area contributed by atoms with Crippen LogP contribution in [0.25, 0.3) is 0 Å². The van der Waals surface area contributed by atoms with Crippen LogP contribution < -0.4 is 10.6 Å². The molecular formula is C41H52ClN3O9. The van der Waals surface area contributed by atoms with Crippen molar-refractivity contribution in [3.05, 3.63) is 81.4 Å². The van der Waals surface area contributed by atoms with Gasteiger partial charge in [-0.25, -0.2) is 4.79 Å². The standard InChI is InChI=1S/C41H52ClN3O9/c1-22-11-10-12-32(51-9)41(50)20-31(52-35(47)21-41)25(4)37-40(6,54-37)33(19-34(46)45(8)30-18-27(15-22)16-24(3)36(30)42)53-39(49)26(5)44(7)38(48)29-14-13-28(43)17-23(29)2/h10-14,16-18,25-26,31-33,37,50H,15,19-21,43H2,1-9H3/b12-10+,22-11+/t25-,26+,31+,32-,33+,37+,40+,41-/m1/s1. The van der Waals surface area contributed by atoms with Crippen molar-refractivity contribution in [2.75, 3.05) is 31.8 Å². The Morgan fingerprint density at radius 1 is 1.15 bits per heavy atom. The van der Waals surface area contributed by atoms with Gasteiger partial charge in [-0.2, -0.15) is 0 Å². The van der Waals surface area contributed by atoms with Crippen LogP contribution in [0.15, 0.2) is 54.1 Å². The molecule has 0 radical (unpaired) electrons. The van der Waals surface area contributed by atoms with Crippen molar-refractivity contribution in [1.29, 1.82) is 0 Å². The molecule has 12 nitrogen and oxygen atoms in total. The van der Waals surface area contributed by atoms with Crippen molar-refractivity contribution in [2.24, 2.45) is 5.92 Å². The number of nitrogens with zero attached hydrogens (tertiary/aromatic N) is 2. The molecule has 0 spiro atoms. The highest BCUT2D eigenvalue weighted by atomic mass is 35.5. The third-order valence-electron chi connectivity index (χ3n) is 11.2. The lowest BCUT2D eigenvalue weighted by atomic mass is 9.78. The number of ether oxygens (including phenoxy) is 4. The quantitative estimate of drug-likeness (QED) is 0.233. The van der Waals surface area contributed by atoms with Gasteiger partial charge in [-0.3, -0.25) is 14.4 Å². The van der Waals surface area contributed by atoms with E-state index in [9.17, 15) is 24.3 Å². The fourth-order valence-electron chi connectivity index (χ4n) is 7.59. The van der Waals surface area contributed by atoms with Gasteiger partial charge in [0.05, 0.1) is 29.7 Å². The smallest absolute Gasteiger partial charge is 0.328 e. The largest absolute Gasteiger partial charge is 0.462 e. The summed E-state index contributed by atoms with van der Waals surface area (Å²) in [5.74, 6) is -2.61. The minimum atomic E-state index is -1.57. The number of hydrogen-bond acceptors (Lipinski definition) is 10. The molecule has 13 heteroatoms. The van der Waals surface area contributed by atoms with Gasteiger partial charge in [-0.15, -0.1) is 0 Å². The summed E-state index contributed by atoms with van der Waals surface area (Å²) >= 11 is 6.79. The van der Waals surface area contributed by atoms with Gasteiger partial charge in [-0.05, 0) is 82.0 Å². The lowest BCUT2D eigenvalue weighted by molar-refractivity contribution is -0.187. The number of halogens is 1. The van der Waals surface area contributed by atoms with E-state index in [2.05, 4.69) is 0 Å². The third kappa shape index (κ3) is 8.36. The van der Waals surface area contributed by atoms with Crippen LogP contribution in [0.5, 0.6) is 0 Å². The normalized spacial score (nSPS) is 31.0. The van der Waals surface area contributed by atoms with E-state index in [-0.39, 0.29) is 19.3 Å². The monoisotopic (exact) mass is 765 g/mol. The number of allylic oxidation sites excluding steroid dienone is 3. The van der Waals surface area contributed by atoms with Gasteiger partial charge in [-0.1, -0.05) is 48.4 Å². The first kappa shape index (κ1) is 40.9. The highest BCUT2D eigenvalue weighted by molar-refractivity contribution is 6.34. The number of carbonyl (C=O) groups is 4. The van der Waals surface area contributed by atoms with E-state index in [4.69, 9.17) is 36.3 Å². The highest BCUT2D eigenvalue weighted by Gasteiger charge is 2.64. The second-order valence-electron chi connectivity index (χ2n) is 15.3. The number of methoxy groups -OCH3 is 1. The summed E-state index contributed by atoms with van der Waals surface area (Å²) in [6.45, 7) is 10.7. The van der Waals surface area contributed by atoms with Gasteiger partial charge in [0, 0.05) is 44.8 Å². The van der Waals surface area contributed by atoms with Gasteiger partial charge >= 0.3 is 11.9 Å². The van der Waals surface area contributed by atoms with Crippen LogP contribution >= 0.6 is 11.6 Å². The van der Waals surface area contributed by atoms with E-state index in [1.165, 1.54) is 24.0 Å². The lowest BCUT2D eigenvalue weighted by Crippen LogP contribution is -2.53. The zero-order valence-electron chi connectivity index (χ0n) is 32.5. The number of nitrogen functional groups attached to an aromatic ring is 1. The van der Waals surface area contributed by atoms with Crippen LogP contribution in [0.4, 0.5) is 11.4 Å². The Morgan fingerprint density at radius 3 is 2.52 bits per heavy atom. The number of benzene rings is 2. The van der Waals surface area contributed by atoms with Crippen LogP contribution in [0.1, 0.15) is 74.0 Å². The van der Waals surface area contributed by atoms with Crippen molar-refractivity contribution >= 4 is 46.7 Å². The molecule has 3 aliphatic rings. The van der Waals surface area contributed by atoms with Gasteiger partial charge < -0.3 is 39.6 Å². The molecule has 5 rings (SSSR count). The average Bonchev–Trinajstić information content (AvgIpc) is 3.80. The molecule has 292 valence electrons.